The molecule has 0 radical (unpaired) electrons. The van der Waals surface area contributed by atoms with Gasteiger partial charge in [0.2, 0.25) is 0 Å². The topological polar surface area (TPSA) is 29.3 Å². The molecule has 19 heavy (non-hydrogen) atoms. The van der Waals surface area contributed by atoms with E-state index in [4.69, 9.17) is 5.73 Å². The number of thiophene rings is 1. The van der Waals surface area contributed by atoms with Gasteiger partial charge in [0.25, 0.3) is 0 Å². The Morgan fingerprint density at radius 3 is 2.58 bits per heavy atom. The molecule has 0 bridgehead atoms. The Bertz CT molecular complexity index is 518. The van der Waals surface area contributed by atoms with Crippen LogP contribution in [0.5, 0.6) is 0 Å². The van der Waals surface area contributed by atoms with Crippen molar-refractivity contribution in [3.63, 3.8) is 0 Å². The fourth-order valence-electron chi connectivity index (χ4n) is 2.28. The minimum absolute atomic E-state index is 0.476. The lowest BCUT2D eigenvalue weighted by Gasteiger charge is -2.30. The molecule has 1 aromatic carbocycles. The molecule has 2 nitrogen and oxygen atoms in total. The first-order valence-corrected chi connectivity index (χ1v) is 7.58. The molecule has 2 aromatic rings. The maximum atomic E-state index is 5.70. The number of aryl methyl sites for hydroxylation is 1. The van der Waals surface area contributed by atoms with Crippen LogP contribution in [-0.2, 0) is 13.1 Å². The van der Waals surface area contributed by atoms with Gasteiger partial charge in [-0.2, -0.15) is 0 Å². The number of nitrogens with two attached hydrogens (primary N) is 1. The van der Waals surface area contributed by atoms with Gasteiger partial charge in [-0.15, -0.1) is 11.3 Å². The maximum Gasteiger partial charge on any atom is 0.0525 e. The molecule has 0 aliphatic carbocycles. The van der Waals surface area contributed by atoms with Crippen LogP contribution < -0.4 is 10.6 Å². The Kier molecular flexibility index (Phi) is 4.61. The highest BCUT2D eigenvalue weighted by Crippen LogP contribution is 2.26. The van der Waals surface area contributed by atoms with Gasteiger partial charge in [0, 0.05) is 23.2 Å². The summed E-state index contributed by atoms with van der Waals surface area (Å²) < 4.78 is 0. The van der Waals surface area contributed by atoms with E-state index >= 15 is 0 Å². The molecule has 2 N–H and O–H groups in total. The van der Waals surface area contributed by atoms with Crippen molar-refractivity contribution in [2.45, 2.75) is 39.9 Å². The second-order valence-corrected chi connectivity index (χ2v) is 6.16. The summed E-state index contributed by atoms with van der Waals surface area (Å²) in [6.45, 7) is 8.22. The zero-order valence-electron chi connectivity index (χ0n) is 11.9. The molecule has 0 spiro atoms. The van der Waals surface area contributed by atoms with Crippen LogP contribution in [0.3, 0.4) is 0 Å². The standard InChI is InChI=1S/C16H22N2S/c1-12(2)18(11-15-5-4-8-19-15)16-7-6-14(10-17)9-13(16)3/h4-9,12H,10-11,17H2,1-3H3. The van der Waals surface area contributed by atoms with Crippen molar-refractivity contribution in [3.8, 4) is 0 Å². The molecule has 2 rings (SSSR count). The van der Waals surface area contributed by atoms with Crippen molar-refractivity contribution >= 4 is 17.0 Å². The largest absolute Gasteiger partial charge is 0.364 e. The van der Waals surface area contributed by atoms with E-state index in [-0.39, 0.29) is 0 Å². The van der Waals surface area contributed by atoms with Crippen LogP contribution in [0.25, 0.3) is 0 Å². The van der Waals surface area contributed by atoms with Crippen LogP contribution in [0, 0.1) is 6.92 Å². The third kappa shape index (κ3) is 3.37. The van der Waals surface area contributed by atoms with E-state index in [1.165, 1.54) is 21.7 Å². The predicted octanol–water partition coefficient (Wildman–Crippen LogP) is 3.93. The van der Waals surface area contributed by atoms with Gasteiger partial charge in [-0.25, -0.2) is 0 Å². The van der Waals surface area contributed by atoms with E-state index < -0.39 is 0 Å². The minimum Gasteiger partial charge on any atom is -0.364 e. The number of hydrogen-bond acceptors (Lipinski definition) is 3. The maximum absolute atomic E-state index is 5.70. The number of benzene rings is 1. The first-order chi connectivity index (χ1) is 9.11. The summed E-state index contributed by atoms with van der Waals surface area (Å²) in [5.41, 5.74) is 9.50. The van der Waals surface area contributed by atoms with Gasteiger partial charge in [0.15, 0.2) is 0 Å². The molecule has 102 valence electrons. The molecule has 0 atom stereocenters. The van der Waals surface area contributed by atoms with Crippen LogP contribution in [-0.4, -0.2) is 6.04 Å². The van der Waals surface area contributed by atoms with Gasteiger partial charge >= 0.3 is 0 Å². The van der Waals surface area contributed by atoms with E-state index in [1.807, 2.05) is 11.3 Å². The van der Waals surface area contributed by atoms with E-state index in [9.17, 15) is 0 Å². The summed E-state index contributed by atoms with van der Waals surface area (Å²) in [4.78, 5) is 3.84. The molecule has 0 unspecified atom stereocenters. The van der Waals surface area contributed by atoms with Crippen molar-refractivity contribution < 1.29 is 0 Å². The van der Waals surface area contributed by atoms with Crippen LogP contribution in [0.4, 0.5) is 5.69 Å². The Morgan fingerprint density at radius 2 is 2.05 bits per heavy atom. The average Bonchev–Trinajstić information content (AvgIpc) is 2.89. The van der Waals surface area contributed by atoms with E-state index in [0.717, 1.165) is 6.54 Å². The first kappa shape index (κ1) is 14.1. The van der Waals surface area contributed by atoms with Crippen LogP contribution >= 0.6 is 11.3 Å². The second-order valence-electron chi connectivity index (χ2n) is 5.13. The molecule has 0 amide bonds. The molecular formula is C16H22N2S. The van der Waals surface area contributed by atoms with Gasteiger partial charge < -0.3 is 10.6 Å². The Morgan fingerprint density at radius 1 is 1.26 bits per heavy atom. The van der Waals surface area contributed by atoms with Crippen molar-refractivity contribution in [2.24, 2.45) is 5.73 Å². The van der Waals surface area contributed by atoms with E-state index in [0.29, 0.717) is 12.6 Å². The molecule has 0 saturated carbocycles. The second kappa shape index (κ2) is 6.22. The highest BCUT2D eigenvalue weighted by atomic mass is 32.1. The van der Waals surface area contributed by atoms with Crippen molar-refractivity contribution in [1.82, 2.24) is 0 Å². The summed E-state index contributed by atoms with van der Waals surface area (Å²) in [6.07, 6.45) is 0. The predicted molar refractivity (Wildman–Crippen MR) is 84.7 cm³/mol. The zero-order valence-corrected chi connectivity index (χ0v) is 12.7. The SMILES string of the molecule is Cc1cc(CN)ccc1N(Cc1cccs1)C(C)C. The van der Waals surface area contributed by atoms with Crippen molar-refractivity contribution in [3.05, 3.63) is 51.7 Å². The van der Waals surface area contributed by atoms with E-state index in [1.54, 1.807) is 0 Å². The van der Waals surface area contributed by atoms with Gasteiger partial charge in [0.05, 0.1) is 6.54 Å². The molecule has 1 heterocycles. The van der Waals surface area contributed by atoms with Gasteiger partial charge in [-0.05, 0) is 49.4 Å². The summed E-state index contributed by atoms with van der Waals surface area (Å²) in [6, 6.07) is 11.3. The smallest absolute Gasteiger partial charge is 0.0525 e. The van der Waals surface area contributed by atoms with Gasteiger partial charge in [-0.1, -0.05) is 18.2 Å². The molecular weight excluding hydrogens is 252 g/mol. The molecule has 1 aromatic heterocycles. The zero-order chi connectivity index (χ0) is 13.8. The van der Waals surface area contributed by atoms with E-state index in [2.05, 4.69) is 61.4 Å². The number of nitrogens with zero attached hydrogens (tertiary/aromatic N) is 1. The third-order valence-electron chi connectivity index (χ3n) is 3.34. The monoisotopic (exact) mass is 274 g/mol. The van der Waals surface area contributed by atoms with Crippen molar-refractivity contribution in [2.75, 3.05) is 4.90 Å². The van der Waals surface area contributed by atoms with Gasteiger partial charge in [-0.3, -0.25) is 0 Å². The highest BCUT2D eigenvalue weighted by Gasteiger charge is 2.14. The molecule has 0 aliphatic rings. The number of rotatable bonds is 5. The highest BCUT2D eigenvalue weighted by molar-refractivity contribution is 7.09. The Balaban J connectivity index is 2.28. The molecule has 0 aliphatic heterocycles. The lowest BCUT2D eigenvalue weighted by Crippen LogP contribution is -2.30. The summed E-state index contributed by atoms with van der Waals surface area (Å²) in [7, 11) is 0. The summed E-state index contributed by atoms with van der Waals surface area (Å²) >= 11 is 1.82. The quantitative estimate of drug-likeness (QED) is 0.895. The number of anilines is 1. The molecule has 0 fully saturated rings. The first-order valence-electron chi connectivity index (χ1n) is 6.70. The number of hydrogen-bond donors (Lipinski definition) is 1. The Hall–Kier alpha value is -1.32. The third-order valence-corrected chi connectivity index (χ3v) is 4.20. The molecule has 0 saturated heterocycles. The summed E-state index contributed by atoms with van der Waals surface area (Å²) in [5.74, 6) is 0. The minimum atomic E-state index is 0.476. The van der Waals surface area contributed by atoms with Gasteiger partial charge in [0.1, 0.15) is 0 Å². The fraction of sp³-hybridized carbons (Fsp3) is 0.375. The molecule has 3 heteroatoms. The van der Waals surface area contributed by atoms with Crippen LogP contribution in [0.2, 0.25) is 0 Å². The summed E-state index contributed by atoms with van der Waals surface area (Å²) in [5, 5.41) is 2.14. The Labute approximate surface area is 119 Å². The van der Waals surface area contributed by atoms with Crippen molar-refractivity contribution in [1.29, 1.82) is 0 Å². The normalized spacial score (nSPS) is 11.0. The van der Waals surface area contributed by atoms with Crippen LogP contribution in [0.15, 0.2) is 35.7 Å². The lowest BCUT2D eigenvalue weighted by atomic mass is 10.1. The lowest BCUT2D eigenvalue weighted by molar-refractivity contribution is 0.685. The average molecular weight is 274 g/mol. The fourth-order valence-corrected chi connectivity index (χ4v) is 2.99. The van der Waals surface area contributed by atoms with Crippen LogP contribution in [0.1, 0.15) is 29.9 Å².